The summed E-state index contributed by atoms with van der Waals surface area (Å²) in [5, 5.41) is 0. The maximum Gasteiger partial charge on any atom is 0.231 e. The van der Waals surface area contributed by atoms with Crippen molar-refractivity contribution in [1.29, 1.82) is 0 Å². The Morgan fingerprint density at radius 2 is 1.58 bits per heavy atom. The second-order valence-corrected chi connectivity index (χ2v) is 9.54. The van der Waals surface area contributed by atoms with Gasteiger partial charge in [-0.1, -0.05) is 66.7 Å². The van der Waals surface area contributed by atoms with Gasteiger partial charge in [-0.3, -0.25) is 4.90 Å². The molecule has 3 aromatic carbocycles. The van der Waals surface area contributed by atoms with Crippen LogP contribution in [0.15, 0.2) is 78.9 Å². The number of benzene rings is 3. The normalized spacial score (nSPS) is 23.5. The number of nitrogens with zero attached hydrogens (tertiary/aromatic N) is 1. The van der Waals surface area contributed by atoms with Crippen molar-refractivity contribution in [2.75, 3.05) is 26.5 Å². The van der Waals surface area contributed by atoms with Crippen molar-refractivity contribution in [2.45, 2.75) is 31.4 Å². The molecule has 1 unspecified atom stereocenters. The molecular formula is C29H31NO3. The average Bonchev–Trinajstić information content (AvgIpc) is 3.58. The van der Waals surface area contributed by atoms with E-state index in [0.29, 0.717) is 18.8 Å². The molecule has 0 radical (unpaired) electrons. The number of ether oxygens (including phenoxy) is 3. The first-order valence-corrected chi connectivity index (χ1v) is 12.2. The number of likely N-dealkylation sites (tertiary alicyclic amines) is 1. The lowest BCUT2D eigenvalue weighted by atomic mass is 9.98. The van der Waals surface area contributed by atoms with Crippen molar-refractivity contribution in [3.05, 3.63) is 95.6 Å². The Kier molecular flexibility index (Phi) is 5.79. The highest BCUT2D eigenvalue weighted by molar-refractivity contribution is 5.44. The van der Waals surface area contributed by atoms with Crippen LogP contribution in [0.1, 0.15) is 35.6 Å². The van der Waals surface area contributed by atoms with E-state index in [0.717, 1.165) is 37.0 Å². The molecular weight excluding hydrogens is 410 g/mol. The van der Waals surface area contributed by atoms with Crippen LogP contribution >= 0.6 is 0 Å². The number of fused-ring (bicyclic) bond motifs is 3. The largest absolute Gasteiger partial charge is 0.454 e. The maximum atomic E-state index is 6.68. The molecule has 1 saturated carbocycles. The molecule has 3 aliphatic rings. The summed E-state index contributed by atoms with van der Waals surface area (Å²) in [7, 11) is 0. The molecule has 2 aliphatic heterocycles. The minimum Gasteiger partial charge on any atom is -0.454 e. The van der Waals surface area contributed by atoms with Crippen LogP contribution in [-0.2, 0) is 11.2 Å². The van der Waals surface area contributed by atoms with E-state index in [1.54, 1.807) is 0 Å². The first-order valence-electron chi connectivity index (χ1n) is 12.2. The lowest BCUT2D eigenvalue weighted by molar-refractivity contribution is 0.0416. The van der Waals surface area contributed by atoms with Crippen LogP contribution in [0.5, 0.6) is 11.5 Å². The molecule has 4 nitrogen and oxygen atoms in total. The SMILES string of the molecule is c1ccc(C(OCC2[C@H]3CC[C@@H]2N(CCc2ccc4c(c2)OCO4)C3)c2ccccc2)cc1. The van der Waals surface area contributed by atoms with Crippen LogP contribution in [0.4, 0.5) is 0 Å². The second kappa shape index (κ2) is 9.20. The lowest BCUT2D eigenvalue weighted by Gasteiger charge is -2.28. The van der Waals surface area contributed by atoms with E-state index in [1.807, 2.05) is 6.07 Å². The van der Waals surface area contributed by atoms with Crippen molar-refractivity contribution in [2.24, 2.45) is 11.8 Å². The molecule has 2 fully saturated rings. The molecule has 3 atom stereocenters. The maximum absolute atomic E-state index is 6.68. The highest BCUT2D eigenvalue weighted by Crippen LogP contribution is 2.44. The summed E-state index contributed by atoms with van der Waals surface area (Å²) in [6.45, 7) is 3.45. The zero-order chi connectivity index (χ0) is 22.0. The van der Waals surface area contributed by atoms with E-state index in [-0.39, 0.29) is 6.10 Å². The van der Waals surface area contributed by atoms with Gasteiger partial charge >= 0.3 is 0 Å². The van der Waals surface area contributed by atoms with Crippen molar-refractivity contribution in [3.63, 3.8) is 0 Å². The molecule has 33 heavy (non-hydrogen) atoms. The van der Waals surface area contributed by atoms with Crippen LogP contribution in [0.25, 0.3) is 0 Å². The Hall–Kier alpha value is -2.82. The standard InChI is InChI=1S/C29H31NO3/c1-3-7-22(8-4-1)29(23-9-5-2-6-10-23)31-19-25-24-12-13-26(25)30(18-24)16-15-21-11-14-27-28(17-21)33-20-32-27/h1-11,14,17,24-26,29H,12-13,15-16,18-20H2/t24-,25?,26-/m0/s1. The highest BCUT2D eigenvalue weighted by atomic mass is 16.7. The minimum atomic E-state index is -0.00511. The summed E-state index contributed by atoms with van der Waals surface area (Å²) in [5.74, 6) is 3.12. The van der Waals surface area contributed by atoms with Crippen LogP contribution in [0.2, 0.25) is 0 Å². The van der Waals surface area contributed by atoms with Gasteiger partial charge in [0.15, 0.2) is 11.5 Å². The molecule has 4 heteroatoms. The van der Waals surface area contributed by atoms with E-state index < -0.39 is 0 Å². The number of rotatable bonds is 8. The van der Waals surface area contributed by atoms with E-state index in [4.69, 9.17) is 14.2 Å². The molecule has 0 N–H and O–H groups in total. The Morgan fingerprint density at radius 3 is 2.33 bits per heavy atom. The minimum absolute atomic E-state index is 0.00511. The van der Waals surface area contributed by atoms with Crippen molar-refractivity contribution >= 4 is 0 Å². The Labute approximate surface area is 196 Å². The van der Waals surface area contributed by atoms with Gasteiger partial charge in [-0.15, -0.1) is 0 Å². The fraction of sp³-hybridized carbons (Fsp3) is 0.379. The van der Waals surface area contributed by atoms with Gasteiger partial charge in [-0.2, -0.15) is 0 Å². The van der Waals surface area contributed by atoms with E-state index in [9.17, 15) is 0 Å². The number of hydrogen-bond donors (Lipinski definition) is 0. The molecule has 170 valence electrons. The molecule has 2 heterocycles. The fourth-order valence-electron chi connectivity index (χ4n) is 5.97. The monoisotopic (exact) mass is 441 g/mol. The van der Waals surface area contributed by atoms with Gasteiger partial charge in [0.1, 0.15) is 6.10 Å². The predicted octanol–water partition coefficient (Wildman–Crippen LogP) is 5.47. The molecule has 1 aliphatic carbocycles. The zero-order valence-electron chi connectivity index (χ0n) is 18.9. The summed E-state index contributed by atoms with van der Waals surface area (Å²) >= 11 is 0. The van der Waals surface area contributed by atoms with Crippen LogP contribution in [0, 0.1) is 11.8 Å². The predicted molar refractivity (Wildman–Crippen MR) is 129 cm³/mol. The third-order valence-electron chi connectivity index (χ3n) is 7.66. The quantitative estimate of drug-likeness (QED) is 0.464. The molecule has 0 spiro atoms. The molecule has 1 saturated heterocycles. The van der Waals surface area contributed by atoms with E-state index in [1.165, 1.54) is 36.1 Å². The number of hydrogen-bond acceptors (Lipinski definition) is 4. The van der Waals surface area contributed by atoms with Gasteiger partial charge < -0.3 is 14.2 Å². The number of piperidine rings is 1. The Morgan fingerprint density at radius 1 is 0.848 bits per heavy atom. The summed E-state index contributed by atoms with van der Waals surface area (Å²) in [6, 6.07) is 28.3. The molecule has 3 aromatic rings. The smallest absolute Gasteiger partial charge is 0.231 e. The van der Waals surface area contributed by atoms with Gasteiger partial charge in [-0.05, 0) is 54.0 Å². The highest BCUT2D eigenvalue weighted by Gasteiger charge is 2.46. The van der Waals surface area contributed by atoms with Gasteiger partial charge in [0.25, 0.3) is 0 Å². The van der Waals surface area contributed by atoms with Crippen molar-refractivity contribution < 1.29 is 14.2 Å². The van der Waals surface area contributed by atoms with Gasteiger partial charge in [0.2, 0.25) is 6.79 Å². The van der Waals surface area contributed by atoms with E-state index >= 15 is 0 Å². The first kappa shape index (κ1) is 20.8. The third kappa shape index (κ3) is 4.25. The van der Waals surface area contributed by atoms with Crippen molar-refractivity contribution in [3.8, 4) is 11.5 Å². The van der Waals surface area contributed by atoms with Gasteiger partial charge in [0, 0.05) is 25.0 Å². The average molecular weight is 442 g/mol. The van der Waals surface area contributed by atoms with Gasteiger partial charge in [-0.25, -0.2) is 0 Å². The summed E-state index contributed by atoms with van der Waals surface area (Å²) < 4.78 is 17.7. The summed E-state index contributed by atoms with van der Waals surface area (Å²) in [5.41, 5.74) is 3.78. The topological polar surface area (TPSA) is 30.9 Å². The van der Waals surface area contributed by atoms with Crippen LogP contribution < -0.4 is 9.47 Å². The zero-order valence-corrected chi connectivity index (χ0v) is 18.9. The van der Waals surface area contributed by atoms with E-state index in [2.05, 4.69) is 77.7 Å². The molecule has 2 bridgehead atoms. The molecule has 6 rings (SSSR count). The van der Waals surface area contributed by atoms with Gasteiger partial charge in [0.05, 0.1) is 6.61 Å². The van der Waals surface area contributed by atoms with Crippen molar-refractivity contribution in [1.82, 2.24) is 4.90 Å². The summed E-state index contributed by atoms with van der Waals surface area (Å²) in [4.78, 5) is 2.70. The lowest BCUT2D eigenvalue weighted by Crippen LogP contribution is -2.35. The van der Waals surface area contributed by atoms with Crippen LogP contribution in [-0.4, -0.2) is 37.4 Å². The Balaban J connectivity index is 1.10. The molecule has 0 amide bonds. The third-order valence-corrected chi connectivity index (χ3v) is 7.66. The first-order chi connectivity index (χ1) is 16.3. The summed E-state index contributed by atoms with van der Waals surface area (Å²) in [6.07, 6.45) is 3.67. The Bertz CT molecular complexity index is 1030. The second-order valence-electron chi connectivity index (χ2n) is 9.54. The van der Waals surface area contributed by atoms with Crippen LogP contribution in [0.3, 0.4) is 0 Å². The fourth-order valence-corrected chi connectivity index (χ4v) is 5.97. The molecule has 0 aromatic heterocycles.